The molecule has 0 saturated heterocycles. The molecule has 0 bridgehead atoms. The minimum Gasteiger partial charge on any atom is -0.383 e. The highest BCUT2D eigenvalue weighted by Crippen LogP contribution is 1.86. The number of methoxy groups -OCH3 is 2. The van der Waals surface area contributed by atoms with Gasteiger partial charge in [-0.2, -0.15) is 0 Å². The van der Waals surface area contributed by atoms with Crippen LogP contribution >= 0.6 is 23.0 Å². The van der Waals surface area contributed by atoms with E-state index in [1.165, 1.54) is 14.2 Å². The van der Waals surface area contributed by atoms with Crippen LogP contribution in [0.1, 0.15) is 0 Å². The molecule has 0 radical (unpaired) electrons. The second-order valence-corrected chi connectivity index (χ2v) is 4.72. The van der Waals surface area contributed by atoms with Crippen LogP contribution in [0, 0.1) is 0 Å². The van der Waals surface area contributed by atoms with E-state index in [2.05, 4.69) is 0 Å². The molecule has 120 valence electrons. The third-order valence-electron chi connectivity index (χ3n) is 2.82. The van der Waals surface area contributed by atoms with E-state index >= 15 is 0 Å². The highest BCUT2D eigenvalue weighted by atomic mass is 127. The first-order chi connectivity index (χ1) is 10.1. The minimum absolute atomic E-state index is 0.0703. The van der Waals surface area contributed by atoms with Gasteiger partial charge in [0.25, 0.3) is 0 Å². The van der Waals surface area contributed by atoms with Gasteiger partial charge in [0.05, 0.1) is 39.5 Å². The molecular weight excluding hydrogens is 397 g/mol. The van der Waals surface area contributed by atoms with Crippen LogP contribution in [0.3, 0.4) is 0 Å². The van der Waals surface area contributed by atoms with E-state index in [4.69, 9.17) is 12.5 Å². The van der Waals surface area contributed by atoms with Crippen LogP contribution in [0.5, 0.6) is 0 Å². The van der Waals surface area contributed by atoms with Crippen molar-refractivity contribution in [3.05, 3.63) is 31.5 Å². The highest BCUT2D eigenvalue weighted by Gasteiger charge is 2.14. The molecular formula is C11H18IN3O6. The van der Waals surface area contributed by atoms with E-state index in [0.29, 0.717) is 0 Å². The van der Waals surface area contributed by atoms with Crippen LogP contribution in [0.15, 0.2) is 14.4 Å². The molecule has 1 heterocycles. The van der Waals surface area contributed by atoms with Crippen molar-refractivity contribution in [2.45, 2.75) is 19.6 Å². The third kappa shape index (κ3) is 4.49. The van der Waals surface area contributed by atoms with Gasteiger partial charge in [-0.3, -0.25) is 0 Å². The van der Waals surface area contributed by atoms with Crippen LogP contribution in [-0.4, -0.2) is 47.7 Å². The summed E-state index contributed by atoms with van der Waals surface area (Å²) in [4.78, 5) is 36.6. The molecule has 1 rings (SSSR count). The summed E-state index contributed by atoms with van der Waals surface area (Å²) >= 11 is 1.67. The molecule has 0 fully saturated rings. The normalized spacial score (nSPS) is 11.0. The van der Waals surface area contributed by atoms with Crippen molar-refractivity contribution in [1.82, 2.24) is 13.7 Å². The smallest absolute Gasteiger partial charge is 0.336 e. The van der Waals surface area contributed by atoms with Gasteiger partial charge in [0.1, 0.15) is 23.0 Å². The summed E-state index contributed by atoms with van der Waals surface area (Å²) in [5.74, 6) is 0. The Hall–Kier alpha value is -0.980. The van der Waals surface area contributed by atoms with Crippen LogP contribution in [-0.2, 0) is 32.2 Å². The zero-order chi connectivity index (χ0) is 15.8. The average Bonchev–Trinajstić information content (AvgIpc) is 2.47. The number of rotatable bonds is 9. The summed E-state index contributed by atoms with van der Waals surface area (Å²) in [5, 5.41) is 0. The Morgan fingerprint density at radius 2 is 1.10 bits per heavy atom. The predicted octanol–water partition coefficient (Wildman–Crippen LogP) is -1.17. The second-order valence-electron chi connectivity index (χ2n) is 4.10. The fraction of sp³-hybridized carbons (Fsp3) is 0.727. The fourth-order valence-corrected chi connectivity index (χ4v) is 1.94. The van der Waals surface area contributed by atoms with Gasteiger partial charge in [-0.25, -0.2) is 28.1 Å². The summed E-state index contributed by atoms with van der Waals surface area (Å²) in [5.41, 5.74) is -1.99. The number of aromatic nitrogens is 3. The summed E-state index contributed by atoms with van der Waals surface area (Å²) in [6, 6.07) is 0. The van der Waals surface area contributed by atoms with Gasteiger partial charge in [0.15, 0.2) is 0 Å². The molecule has 9 nitrogen and oxygen atoms in total. The average molecular weight is 415 g/mol. The Kier molecular flexibility index (Phi) is 7.85. The lowest BCUT2D eigenvalue weighted by atomic mass is 10.6. The van der Waals surface area contributed by atoms with E-state index in [9.17, 15) is 14.4 Å². The topological polar surface area (TPSA) is 93.7 Å². The predicted molar refractivity (Wildman–Crippen MR) is 82.9 cm³/mol. The molecule has 21 heavy (non-hydrogen) atoms. The molecule has 1 aromatic rings. The van der Waals surface area contributed by atoms with Gasteiger partial charge in [0, 0.05) is 14.2 Å². The van der Waals surface area contributed by atoms with E-state index in [-0.39, 0.29) is 39.5 Å². The van der Waals surface area contributed by atoms with Crippen molar-refractivity contribution < 1.29 is 12.5 Å². The van der Waals surface area contributed by atoms with Crippen molar-refractivity contribution in [3.63, 3.8) is 0 Å². The van der Waals surface area contributed by atoms with Crippen LogP contribution in [0.25, 0.3) is 0 Å². The Labute approximate surface area is 134 Å². The fourth-order valence-electron chi connectivity index (χ4n) is 1.75. The standard InChI is InChI=1S/C11H18IN3O6/c1-19-6-3-13-9(16)14(4-7-20-2)11(18)15(10(13)17)5-8-21-12/h3-8H2,1-2H3. The lowest BCUT2D eigenvalue weighted by Crippen LogP contribution is -2.55. The number of ether oxygens (including phenoxy) is 2. The Bertz CT molecular complexity index is 504. The quantitative estimate of drug-likeness (QED) is 0.472. The van der Waals surface area contributed by atoms with E-state index in [1.807, 2.05) is 0 Å². The maximum absolute atomic E-state index is 12.2. The monoisotopic (exact) mass is 415 g/mol. The van der Waals surface area contributed by atoms with Crippen LogP contribution < -0.4 is 17.1 Å². The number of nitrogens with zero attached hydrogens (tertiary/aromatic N) is 3. The molecule has 0 aliphatic carbocycles. The molecule has 0 unspecified atom stereocenters. The van der Waals surface area contributed by atoms with Gasteiger partial charge in [0.2, 0.25) is 0 Å². The summed E-state index contributed by atoms with van der Waals surface area (Å²) < 4.78 is 17.6. The number of hydrogen-bond acceptors (Lipinski definition) is 6. The minimum atomic E-state index is -0.663. The van der Waals surface area contributed by atoms with Gasteiger partial charge >= 0.3 is 17.1 Å². The number of halogens is 1. The van der Waals surface area contributed by atoms with Gasteiger partial charge in [-0.15, -0.1) is 0 Å². The van der Waals surface area contributed by atoms with Crippen molar-refractivity contribution in [2.75, 3.05) is 34.0 Å². The van der Waals surface area contributed by atoms with Crippen molar-refractivity contribution >= 4 is 23.0 Å². The SMILES string of the molecule is COCCn1c(=O)n(CCOC)c(=O)n(CCOI)c1=O. The molecule has 0 atom stereocenters. The first-order valence-corrected chi connectivity index (χ1v) is 7.12. The molecule has 0 aliphatic rings. The Morgan fingerprint density at radius 3 is 1.38 bits per heavy atom. The zero-order valence-electron chi connectivity index (χ0n) is 11.9. The van der Waals surface area contributed by atoms with Gasteiger partial charge < -0.3 is 12.5 Å². The Morgan fingerprint density at radius 1 is 0.762 bits per heavy atom. The van der Waals surface area contributed by atoms with Crippen molar-refractivity contribution in [2.24, 2.45) is 0 Å². The van der Waals surface area contributed by atoms with Gasteiger partial charge in [-0.05, 0) is 0 Å². The van der Waals surface area contributed by atoms with E-state index in [0.717, 1.165) is 13.7 Å². The van der Waals surface area contributed by atoms with E-state index in [1.54, 1.807) is 23.0 Å². The molecule has 0 N–H and O–H groups in total. The molecule has 0 spiro atoms. The maximum Gasteiger partial charge on any atom is 0.336 e. The molecule has 0 saturated carbocycles. The zero-order valence-corrected chi connectivity index (χ0v) is 14.1. The third-order valence-corrected chi connectivity index (χ3v) is 3.26. The first-order valence-electron chi connectivity index (χ1n) is 6.24. The van der Waals surface area contributed by atoms with Crippen molar-refractivity contribution in [3.8, 4) is 0 Å². The largest absolute Gasteiger partial charge is 0.383 e. The van der Waals surface area contributed by atoms with Crippen LogP contribution in [0.4, 0.5) is 0 Å². The Balaban J connectivity index is 3.39. The number of hydrogen-bond donors (Lipinski definition) is 0. The summed E-state index contributed by atoms with van der Waals surface area (Å²) in [7, 11) is 2.93. The molecule has 0 amide bonds. The highest BCUT2D eigenvalue weighted by molar-refractivity contribution is 14.1. The lowest BCUT2D eigenvalue weighted by molar-refractivity contribution is 0.173. The molecule has 0 aliphatic heterocycles. The molecule has 1 aromatic heterocycles. The lowest BCUT2D eigenvalue weighted by Gasteiger charge is -2.13. The van der Waals surface area contributed by atoms with Gasteiger partial charge in [-0.1, -0.05) is 0 Å². The summed E-state index contributed by atoms with van der Waals surface area (Å²) in [6.45, 7) is 0.795. The van der Waals surface area contributed by atoms with Crippen molar-refractivity contribution in [1.29, 1.82) is 0 Å². The molecule has 0 aromatic carbocycles. The van der Waals surface area contributed by atoms with E-state index < -0.39 is 17.1 Å². The second kappa shape index (κ2) is 9.12. The van der Waals surface area contributed by atoms with Crippen LogP contribution in [0.2, 0.25) is 0 Å². The molecule has 10 heteroatoms. The maximum atomic E-state index is 12.2. The first kappa shape index (κ1) is 18.1. The summed E-state index contributed by atoms with van der Waals surface area (Å²) in [6.07, 6.45) is 0.